The Bertz CT molecular complexity index is 2950. The lowest BCUT2D eigenvalue weighted by Gasteiger charge is -2.39. The molecule has 0 radical (unpaired) electrons. The standard InChI is InChI=1S/C65H109N17O15S2/c1-11-33(6)46-56(91)78-49-58(93)77-48(35(8)13-3)63(97)80-25-17-22-43(80)54(89)72-39(29-66)51(86)75-47(34(7)12-2)57(92)79-60(98-99-65(49,9)10)59(94)74-41(31-84)52(87)70-37(20-16-24-69-64(67)68)50(85)73-40(30-83)53(88)71-38(27-32(4)5)61(95)81-26-18-23-44(81)62(96)82-42-21-15-14-19-36(42)28-45(82)55(90)76-46/h32-49,60,83-84H,11-31,66H2,1-10H3,(H,70,87)(H,71,88)(H,72,89)(H,73,85)(H,74,94)(H,75,86)(H,76,90)(H,77,93)(H,78,91)(H,79,92)(H4,67,68,69)/t33-,34-,35-,36-,37-,38-,39-,40-,41-,42-,43-,44+,45-,46-,47+,48-,49+,60-/m0/s1. The summed E-state index contributed by atoms with van der Waals surface area (Å²) in [7, 11) is 1.43. The fraction of sp³-hybridized carbons (Fsp3) is 0.785. The van der Waals surface area contributed by atoms with Crippen LogP contribution in [0.3, 0.4) is 0 Å². The van der Waals surface area contributed by atoms with Crippen molar-refractivity contribution in [1.82, 2.24) is 73.2 Å². The van der Waals surface area contributed by atoms with Crippen LogP contribution in [0.5, 0.6) is 0 Å². The lowest BCUT2D eigenvalue weighted by molar-refractivity contribution is -0.150. The molecule has 0 spiro atoms. The summed E-state index contributed by atoms with van der Waals surface area (Å²) >= 11 is 0. The highest BCUT2D eigenvalue weighted by Crippen LogP contribution is 2.43. The van der Waals surface area contributed by atoms with Crippen molar-refractivity contribution in [3.63, 3.8) is 0 Å². The monoisotopic (exact) mass is 1430 g/mol. The van der Waals surface area contributed by atoms with E-state index in [1.165, 1.54) is 9.80 Å². The van der Waals surface area contributed by atoms with E-state index in [-0.39, 0.29) is 76.4 Å². The zero-order valence-corrected chi connectivity index (χ0v) is 60.5. The van der Waals surface area contributed by atoms with Gasteiger partial charge in [-0.2, -0.15) is 0 Å². The van der Waals surface area contributed by atoms with Gasteiger partial charge in [-0.25, -0.2) is 0 Å². The second-order valence-electron chi connectivity index (χ2n) is 28.2. The molecule has 32 nitrogen and oxygen atoms in total. The average molecular weight is 1430 g/mol. The lowest BCUT2D eigenvalue weighted by Crippen LogP contribution is -2.65. The van der Waals surface area contributed by atoms with Crippen molar-refractivity contribution in [2.24, 2.45) is 41.1 Å². The van der Waals surface area contributed by atoms with Crippen LogP contribution < -0.4 is 70.0 Å². The van der Waals surface area contributed by atoms with Crippen LogP contribution in [0.25, 0.3) is 0 Å². The second-order valence-corrected chi connectivity index (χ2v) is 31.2. The number of aliphatic hydroxyl groups is 2. The van der Waals surface area contributed by atoms with Gasteiger partial charge in [-0.05, 0) is 108 Å². The molecule has 5 aliphatic heterocycles. The third kappa shape index (κ3) is 20.6. The predicted octanol–water partition coefficient (Wildman–Crippen LogP) is -2.49. The van der Waals surface area contributed by atoms with Crippen LogP contribution in [0, 0.1) is 35.0 Å². The van der Waals surface area contributed by atoms with Crippen molar-refractivity contribution in [3.8, 4) is 0 Å². The number of fused-ring (bicyclic) bond motifs is 9. The third-order valence-corrected chi connectivity index (χ3v) is 23.7. The van der Waals surface area contributed by atoms with Crippen molar-refractivity contribution in [1.29, 1.82) is 5.41 Å². The summed E-state index contributed by atoms with van der Waals surface area (Å²) < 4.78 is -1.63. The van der Waals surface area contributed by atoms with Crippen LogP contribution in [0.15, 0.2) is 0 Å². The van der Waals surface area contributed by atoms with Crippen LogP contribution in [0.2, 0.25) is 0 Å². The van der Waals surface area contributed by atoms with Gasteiger partial charge in [0.15, 0.2) is 11.3 Å². The highest BCUT2D eigenvalue weighted by Gasteiger charge is 2.53. The Morgan fingerprint density at radius 2 is 1.03 bits per heavy atom. The van der Waals surface area contributed by atoms with Gasteiger partial charge in [-0.1, -0.05) is 109 Å². The molecule has 0 aromatic carbocycles. The Kier molecular flexibility index (Phi) is 30.3. The zero-order chi connectivity index (χ0) is 73.3. The van der Waals surface area contributed by atoms with Crippen LogP contribution in [-0.4, -0.2) is 236 Å². The maximum atomic E-state index is 15.6. The summed E-state index contributed by atoms with van der Waals surface area (Å²) in [5, 5.41) is 56.9. The largest absolute Gasteiger partial charge is 0.394 e. The van der Waals surface area contributed by atoms with Gasteiger partial charge in [0.1, 0.15) is 72.5 Å². The van der Waals surface area contributed by atoms with E-state index in [0.29, 0.717) is 49.3 Å². The maximum Gasteiger partial charge on any atom is 0.254 e. The fourth-order valence-corrected chi connectivity index (χ4v) is 16.4. The first kappa shape index (κ1) is 80.9. The molecule has 1 aliphatic carbocycles. The van der Waals surface area contributed by atoms with E-state index in [0.717, 1.165) is 23.6 Å². The number of guanidine groups is 1. The summed E-state index contributed by atoms with van der Waals surface area (Å²) in [6.45, 7) is 14.7. The topological polar surface area (TPSA) is 480 Å². The number of nitrogens with two attached hydrogens (primary N) is 2. The maximum absolute atomic E-state index is 15.6. The number of nitrogens with zero attached hydrogens (tertiary/aromatic N) is 3. The van der Waals surface area contributed by atoms with Crippen molar-refractivity contribution in [2.45, 2.75) is 254 Å². The van der Waals surface area contributed by atoms with Crippen molar-refractivity contribution in [3.05, 3.63) is 0 Å². The second kappa shape index (κ2) is 37.0. The number of carbonyl (C=O) groups excluding carboxylic acids is 13. The molecule has 1 saturated carbocycles. The molecular weight excluding hydrogens is 1320 g/mol. The SMILES string of the molecule is CC[C@H](C)[C@@H]1NC(=O)[C@@H]2C[C@@H]3CCCC[C@@H]3N2C(=O)[C@H]2CCCN2C(=O)[C@H](CC(C)C)NC(=O)[C@H](CO)NC(=O)[C@H](CCCNC(=N)N)NC(=O)[C@H](CO)NC(=O)[C@H]2NC(=O)[C@@H]([C@@H](C)CC)NC(=O)[C@H](CN)NC(=O)[C@@H]3CCCN3C(=O)[C@H]([C@@H](C)CC)NC(=O)[C@@H](NC1=O)C(C)(C)SS2. The highest BCUT2D eigenvalue weighted by atomic mass is 33.1. The first-order chi connectivity index (χ1) is 46.9. The average Bonchev–Trinajstić information content (AvgIpc) is 1.64. The van der Waals surface area contributed by atoms with Crippen molar-refractivity contribution >= 4 is 104 Å². The number of aliphatic hydroxyl groups excluding tert-OH is 2. The fourth-order valence-electron chi connectivity index (χ4n) is 13.8. The summed E-state index contributed by atoms with van der Waals surface area (Å²) in [6.07, 6.45) is 4.96. The molecule has 6 fully saturated rings. The van der Waals surface area contributed by atoms with Gasteiger partial charge in [0.2, 0.25) is 70.9 Å². The first-order valence-electron chi connectivity index (χ1n) is 35.2. The molecule has 0 unspecified atom stereocenters. The molecule has 18 atom stereocenters. The van der Waals surface area contributed by atoms with Gasteiger partial charge in [0.05, 0.1) is 18.0 Å². The summed E-state index contributed by atoms with van der Waals surface area (Å²) in [6, 6.07) is -17.6. The van der Waals surface area contributed by atoms with E-state index in [9.17, 15) is 39.0 Å². The molecule has 0 aromatic rings. The molecule has 13 amide bonds. The van der Waals surface area contributed by atoms with Crippen molar-refractivity contribution < 1.29 is 72.5 Å². The molecule has 6 aliphatic rings. The van der Waals surface area contributed by atoms with Gasteiger partial charge in [0.25, 0.3) is 5.91 Å². The Labute approximate surface area is 587 Å². The Morgan fingerprint density at radius 1 is 0.545 bits per heavy atom. The molecule has 5 saturated heterocycles. The molecule has 34 heteroatoms. The summed E-state index contributed by atoms with van der Waals surface area (Å²) in [5.74, 6) is -13.8. The first-order valence-corrected chi connectivity index (χ1v) is 37.4. The predicted molar refractivity (Wildman–Crippen MR) is 369 cm³/mol. The molecule has 2 bridgehead atoms. The van der Waals surface area contributed by atoms with E-state index < -0.39 is 209 Å². The van der Waals surface area contributed by atoms with Gasteiger partial charge in [0, 0.05) is 32.2 Å². The van der Waals surface area contributed by atoms with Crippen LogP contribution in [-0.2, 0) is 62.3 Å². The number of rotatable bonds is 15. The minimum Gasteiger partial charge on any atom is -0.394 e. The van der Waals surface area contributed by atoms with Gasteiger partial charge >= 0.3 is 0 Å². The number of nitrogens with one attached hydrogen (secondary N) is 12. The van der Waals surface area contributed by atoms with E-state index >= 15 is 33.6 Å². The Morgan fingerprint density at radius 3 is 1.61 bits per heavy atom. The molecular formula is C65H109N17O15S2. The zero-order valence-electron chi connectivity index (χ0n) is 58.8. The third-order valence-electron chi connectivity index (χ3n) is 20.2. The molecule has 6 rings (SSSR count). The van der Waals surface area contributed by atoms with E-state index in [1.807, 2.05) is 13.8 Å². The van der Waals surface area contributed by atoms with E-state index in [4.69, 9.17) is 16.9 Å². The van der Waals surface area contributed by atoms with E-state index in [2.05, 4.69) is 58.5 Å². The lowest BCUT2D eigenvalue weighted by atomic mass is 9.84. The smallest absolute Gasteiger partial charge is 0.254 e. The quantitative estimate of drug-likeness (QED) is 0.0349. The normalized spacial score (nSPS) is 32.0. The number of hydrogen-bond acceptors (Lipinski definition) is 19. The van der Waals surface area contributed by atoms with Gasteiger partial charge in [-0.15, -0.1) is 0 Å². The minimum atomic E-state index is -1.92. The minimum absolute atomic E-state index is 0.00257. The number of hydrogen-bond donors (Lipinski definition) is 16. The van der Waals surface area contributed by atoms with Crippen LogP contribution in [0.4, 0.5) is 0 Å². The molecule has 5 heterocycles. The number of carbonyl (C=O) groups is 13. The van der Waals surface area contributed by atoms with Crippen molar-refractivity contribution in [2.75, 3.05) is 39.4 Å². The van der Waals surface area contributed by atoms with Gasteiger partial charge < -0.3 is 94.9 Å². The number of amides is 13. The highest BCUT2D eigenvalue weighted by molar-refractivity contribution is 8.77. The van der Waals surface area contributed by atoms with Gasteiger partial charge in [-0.3, -0.25) is 67.7 Å². The molecule has 18 N–H and O–H groups in total. The Hall–Kier alpha value is -7.04. The molecule has 0 aromatic heterocycles. The van der Waals surface area contributed by atoms with Crippen LogP contribution >= 0.6 is 21.6 Å². The summed E-state index contributed by atoms with van der Waals surface area (Å²) in [4.78, 5) is 198. The molecule has 99 heavy (non-hydrogen) atoms. The summed E-state index contributed by atoms with van der Waals surface area (Å²) in [5.41, 5.74) is 11.6. The van der Waals surface area contributed by atoms with E-state index in [1.54, 1.807) is 60.3 Å². The van der Waals surface area contributed by atoms with Crippen LogP contribution in [0.1, 0.15) is 166 Å². The molecule has 556 valence electrons. The Balaban J connectivity index is 1.54.